The minimum Gasteiger partial charge on any atom is -0.330 e. The van der Waals surface area contributed by atoms with Crippen LogP contribution in [0.25, 0.3) is 10.9 Å². The average Bonchev–Trinajstić information content (AvgIpc) is 2.25. The molecule has 0 saturated heterocycles. The number of hydrogen-bond acceptors (Lipinski definition) is 3. The molecule has 4 nitrogen and oxygen atoms in total. The first kappa shape index (κ1) is 10.9. The Hall–Kier alpha value is -1.62. The van der Waals surface area contributed by atoms with Crippen molar-refractivity contribution < 1.29 is 0 Å². The van der Waals surface area contributed by atoms with Crippen molar-refractivity contribution >= 4 is 24.2 Å². The van der Waals surface area contributed by atoms with E-state index in [1.807, 2.05) is 0 Å². The minimum absolute atomic E-state index is 0.128. The molecule has 0 aliphatic carbocycles. The second-order valence-electron chi connectivity index (χ2n) is 3.68. The Labute approximate surface area is 94.3 Å². The standard InChI is InChI=1S/C11H12BN3O/c12-7-3-4-8-9(6-7)14-10(2-1-5-13)15-11(8)16/h3-4,6H,1-2,5,13H2,(H,14,15,16). The number of fused-ring (bicyclic) bond motifs is 1. The zero-order valence-corrected chi connectivity index (χ0v) is 8.86. The van der Waals surface area contributed by atoms with Gasteiger partial charge in [-0.15, -0.1) is 0 Å². The van der Waals surface area contributed by atoms with Crippen LogP contribution in [0, 0.1) is 0 Å². The van der Waals surface area contributed by atoms with Crippen LogP contribution in [0.4, 0.5) is 0 Å². The molecule has 1 heterocycles. The summed E-state index contributed by atoms with van der Waals surface area (Å²) in [6.07, 6.45) is 1.48. The van der Waals surface area contributed by atoms with E-state index in [4.69, 9.17) is 13.6 Å². The second-order valence-corrected chi connectivity index (χ2v) is 3.68. The molecular weight excluding hydrogens is 201 g/mol. The van der Waals surface area contributed by atoms with Crippen molar-refractivity contribution in [3.8, 4) is 0 Å². The lowest BCUT2D eigenvalue weighted by Gasteiger charge is -2.02. The molecule has 0 unspecified atom stereocenters. The second kappa shape index (κ2) is 4.49. The maximum absolute atomic E-state index is 11.7. The van der Waals surface area contributed by atoms with Crippen molar-refractivity contribution in [2.24, 2.45) is 5.73 Å². The molecule has 2 radical (unpaired) electrons. The van der Waals surface area contributed by atoms with Gasteiger partial charge >= 0.3 is 0 Å². The third-order valence-electron chi connectivity index (χ3n) is 2.40. The number of nitrogens with zero attached hydrogens (tertiary/aromatic N) is 1. The predicted octanol–water partition coefficient (Wildman–Crippen LogP) is -0.392. The van der Waals surface area contributed by atoms with Gasteiger partial charge in [-0.05, 0) is 25.1 Å². The topological polar surface area (TPSA) is 71.8 Å². The monoisotopic (exact) mass is 213 g/mol. The van der Waals surface area contributed by atoms with Crippen LogP contribution in [0.3, 0.4) is 0 Å². The number of rotatable bonds is 3. The van der Waals surface area contributed by atoms with Crippen molar-refractivity contribution in [1.29, 1.82) is 0 Å². The molecular formula is C11H12BN3O. The highest BCUT2D eigenvalue weighted by atomic mass is 16.1. The van der Waals surface area contributed by atoms with E-state index in [9.17, 15) is 4.79 Å². The maximum atomic E-state index is 11.7. The zero-order chi connectivity index (χ0) is 11.5. The molecule has 5 heteroatoms. The molecule has 0 bridgehead atoms. The number of nitrogens with one attached hydrogen (secondary N) is 1. The van der Waals surface area contributed by atoms with Crippen molar-refractivity contribution in [2.45, 2.75) is 12.8 Å². The van der Waals surface area contributed by atoms with Gasteiger partial charge in [0.2, 0.25) is 0 Å². The summed E-state index contributed by atoms with van der Waals surface area (Å²) < 4.78 is 0. The summed E-state index contributed by atoms with van der Waals surface area (Å²) in [6, 6.07) is 5.08. The third kappa shape index (κ3) is 2.14. The highest BCUT2D eigenvalue weighted by Crippen LogP contribution is 2.04. The molecule has 0 aliphatic rings. The van der Waals surface area contributed by atoms with E-state index >= 15 is 0 Å². The smallest absolute Gasteiger partial charge is 0.258 e. The van der Waals surface area contributed by atoms with Gasteiger partial charge in [-0.25, -0.2) is 4.98 Å². The summed E-state index contributed by atoms with van der Waals surface area (Å²) >= 11 is 0. The van der Waals surface area contributed by atoms with E-state index in [1.54, 1.807) is 18.2 Å². The number of H-pyrrole nitrogens is 1. The van der Waals surface area contributed by atoms with Crippen LogP contribution < -0.4 is 16.8 Å². The van der Waals surface area contributed by atoms with Crippen LogP contribution in [0.2, 0.25) is 0 Å². The van der Waals surface area contributed by atoms with Crippen molar-refractivity contribution in [3.05, 3.63) is 34.4 Å². The number of benzene rings is 1. The van der Waals surface area contributed by atoms with Gasteiger partial charge in [0.15, 0.2) is 0 Å². The number of aryl methyl sites for hydroxylation is 1. The van der Waals surface area contributed by atoms with E-state index in [-0.39, 0.29) is 5.56 Å². The van der Waals surface area contributed by atoms with Crippen LogP contribution >= 0.6 is 0 Å². The first-order valence-corrected chi connectivity index (χ1v) is 5.19. The van der Waals surface area contributed by atoms with Crippen LogP contribution in [0.1, 0.15) is 12.2 Å². The Morgan fingerprint density at radius 3 is 3.00 bits per heavy atom. The van der Waals surface area contributed by atoms with E-state index in [1.165, 1.54) is 0 Å². The molecule has 1 aromatic heterocycles. The van der Waals surface area contributed by atoms with Gasteiger partial charge in [0, 0.05) is 6.42 Å². The largest absolute Gasteiger partial charge is 0.330 e. The molecule has 1 aromatic carbocycles. The SMILES string of the molecule is [B]c1ccc2c(=O)[nH]c(CCCN)nc2c1. The Balaban J connectivity index is 2.52. The molecule has 0 spiro atoms. The van der Waals surface area contributed by atoms with E-state index in [0.29, 0.717) is 35.2 Å². The van der Waals surface area contributed by atoms with Gasteiger partial charge in [0.1, 0.15) is 13.7 Å². The summed E-state index contributed by atoms with van der Waals surface area (Å²) in [5.41, 5.74) is 6.53. The first-order chi connectivity index (χ1) is 7.70. The van der Waals surface area contributed by atoms with Crippen LogP contribution in [-0.2, 0) is 6.42 Å². The quantitative estimate of drug-likeness (QED) is 0.682. The lowest BCUT2D eigenvalue weighted by Crippen LogP contribution is -2.14. The summed E-state index contributed by atoms with van der Waals surface area (Å²) in [5.74, 6) is 0.661. The van der Waals surface area contributed by atoms with Gasteiger partial charge in [-0.2, -0.15) is 0 Å². The molecule has 3 N–H and O–H groups in total. The lowest BCUT2D eigenvalue weighted by atomic mass is 9.95. The molecule has 2 aromatic rings. The molecule has 0 fully saturated rings. The van der Waals surface area contributed by atoms with Gasteiger partial charge in [0.25, 0.3) is 5.56 Å². The van der Waals surface area contributed by atoms with E-state index in [0.717, 1.165) is 6.42 Å². The zero-order valence-electron chi connectivity index (χ0n) is 8.86. The highest BCUT2D eigenvalue weighted by molar-refractivity contribution is 6.33. The molecule has 0 amide bonds. The first-order valence-electron chi connectivity index (χ1n) is 5.19. The van der Waals surface area contributed by atoms with Gasteiger partial charge in [-0.1, -0.05) is 11.5 Å². The third-order valence-corrected chi connectivity index (χ3v) is 2.40. The predicted molar refractivity (Wildman–Crippen MR) is 65.1 cm³/mol. The molecule has 0 aliphatic heterocycles. The fourth-order valence-electron chi connectivity index (χ4n) is 1.59. The van der Waals surface area contributed by atoms with Crippen molar-refractivity contribution in [1.82, 2.24) is 9.97 Å². The van der Waals surface area contributed by atoms with Crippen LogP contribution in [0.5, 0.6) is 0 Å². The number of nitrogens with two attached hydrogens (primary N) is 1. The Morgan fingerprint density at radius 2 is 2.25 bits per heavy atom. The Kier molecular flexibility index (Phi) is 3.06. The van der Waals surface area contributed by atoms with Gasteiger partial charge < -0.3 is 10.7 Å². The van der Waals surface area contributed by atoms with Gasteiger partial charge in [0.05, 0.1) is 10.9 Å². The maximum Gasteiger partial charge on any atom is 0.258 e. The molecule has 0 saturated carbocycles. The fraction of sp³-hybridized carbons (Fsp3) is 0.273. The number of aromatic amines is 1. The summed E-state index contributed by atoms with van der Waals surface area (Å²) in [7, 11) is 5.65. The Morgan fingerprint density at radius 1 is 1.44 bits per heavy atom. The van der Waals surface area contributed by atoms with Crippen LogP contribution in [0.15, 0.2) is 23.0 Å². The van der Waals surface area contributed by atoms with E-state index < -0.39 is 0 Å². The highest BCUT2D eigenvalue weighted by Gasteiger charge is 2.03. The van der Waals surface area contributed by atoms with Crippen molar-refractivity contribution in [2.75, 3.05) is 6.54 Å². The van der Waals surface area contributed by atoms with Gasteiger partial charge in [-0.3, -0.25) is 4.79 Å². The summed E-state index contributed by atoms with van der Waals surface area (Å²) in [6.45, 7) is 0.582. The normalized spacial score (nSPS) is 10.8. The lowest BCUT2D eigenvalue weighted by molar-refractivity contribution is 0.782. The van der Waals surface area contributed by atoms with E-state index in [2.05, 4.69) is 9.97 Å². The molecule has 0 atom stereocenters. The molecule has 80 valence electrons. The average molecular weight is 213 g/mol. The summed E-state index contributed by atoms with van der Waals surface area (Å²) in [5, 5.41) is 0.561. The minimum atomic E-state index is -0.128. The summed E-state index contributed by atoms with van der Waals surface area (Å²) in [4.78, 5) is 18.8. The molecule has 16 heavy (non-hydrogen) atoms. The van der Waals surface area contributed by atoms with Crippen molar-refractivity contribution in [3.63, 3.8) is 0 Å². The molecule has 2 rings (SSSR count). The fourth-order valence-corrected chi connectivity index (χ4v) is 1.59. The number of aromatic nitrogens is 2. The van der Waals surface area contributed by atoms with Crippen LogP contribution in [-0.4, -0.2) is 24.4 Å². The Bertz CT molecular complexity index is 565. The number of hydrogen-bond donors (Lipinski definition) is 2.